The minimum Gasteiger partial charge on any atom is -0.370 e. The number of aryl methyl sites for hydroxylation is 1. The van der Waals surface area contributed by atoms with Gasteiger partial charge in [-0.05, 0) is 55.2 Å². The minimum atomic E-state index is -0.262. The molecule has 158 valence electrons. The molecule has 5 rings (SSSR count). The number of nitrogens with one attached hydrogen (secondary N) is 1. The highest BCUT2D eigenvalue weighted by Gasteiger charge is 2.24. The van der Waals surface area contributed by atoms with Crippen LogP contribution < -0.4 is 10.6 Å². The van der Waals surface area contributed by atoms with E-state index in [9.17, 15) is 4.39 Å². The lowest BCUT2D eigenvalue weighted by molar-refractivity contribution is 0.501. The lowest BCUT2D eigenvalue weighted by Gasteiger charge is -2.34. The molecule has 3 N–H and O–H groups in total. The van der Waals surface area contributed by atoms with Crippen molar-refractivity contribution < 1.29 is 4.39 Å². The van der Waals surface area contributed by atoms with Crippen molar-refractivity contribution in [1.82, 2.24) is 15.0 Å². The van der Waals surface area contributed by atoms with Crippen LogP contribution in [0.4, 0.5) is 10.1 Å². The van der Waals surface area contributed by atoms with Crippen LogP contribution in [0.15, 0.2) is 48.8 Å². The Kier molecular flexibility index (Phi) is 5.12. The van der Waals surface area contributed by atoms with E-state index in [1.807, 2.05) is 37.4 Å². The van der Waals surface area contributed by atoms with Gasteiger partial charge in [-0.25, -0.2) is 9.37 Å². The highest BCUT2D eigenvalue weighted by atomic mass is 35.5. The first-order valence-corrected chi connectivity index (χ1v) is 10.8. The largest absolute Gasteiger partial charge is 0.370 e. The van der Waals surface area contributed by atoms with Gasteiger partial charge < -0.3 is 15.6 Å². The highest BCUT2D eigenvalue weighted by Crippen LogP contribution is 2.40. The van der Waals surface area contributed by atoms with E-state index in [0.29, 0.717) is 10.8 Å². The Hall–Kier alpha value is -2.96. The van der Waals surface area contributed by atoms with Gasteiger partial charge in [0, 0.05) is 37.1 Å². The maximum Gasteiger partial charge on any atom is 0.142 e. The zero-order chi connectivity index (χ0) is 21.5. The van der Waals surface area contributed by atoms with Crippen LogP contribution >= 0.6 is 11.6 Å². The summed E-state index contributed by atoms with van der Waals surface area (Å²) in [5.41, 5.74) is 12.1. The first-order chi connectivity index (χ1) is 15.0. The third-order valence-electron chi connectivity index (χ3n) is 5.85. The van der Waals surface area contributed by atoms with Crippen LogP contribution in [0.5, 0.6) is 0 Å². The molecule has 7 heteroatoms. The number of piperidine rings is 1. The van der Waals surface area contributed by atoms with Crippen molar-refractivity contribution in [3.63, 3.8) is 0 Å². The molecule has 3 heterocycles. The number of aromatic nitrogens is 3. The number of anilines is 1. The van der Waals surface area contributed by atoms with Gasteiger partial charge in [0.15, 0.2) is 0 Å². The average Bonchev–Trinajstić information content (AvgIpc) is 3.19. The van der Waals surface area contributed by atoms with Gasteiger partial charge in [-0.2, -0.15) is 0 Å². The van der Waals surface area contributed by atoms with E-state index in [4.69, 9.17) is 22.3 Å². The number of nitrogens with two attached hydrogens (primary N) is 1. The first-order valence-electron chi connectivity index (χ1n) is 10.4. The third kappa shape index (κ3) is 3.77. The van der Waals surface area contributed by atoms with E-state index in [2.05, 4.69) is 14.9 Å². The standard InChI is InChI=1S/C24H23ClFN5/c1-14-9-15(11-16(26)10-14)18-12-28-13-19(23(18)31-7-5-17(27)6-8-31)24-29-21-4-2-3-20(25)22(21)30-24/h2-4,9-13,17H,5-8,27H2,1H3,(H,29,30). The monoisotopic (exact) mass is 435 g/mol. The Balaban J connectivity index is 1.73. The van der Waals surface area contributed by atoms with Crippen molar-refractivity contribution in [2.75, 3.05) is 18.0 Å². The molecule has 0 spiro atoms. The van der Waals surface area contributed by atoms with Gasteiger partial charge in [0.25, 0.3) is 0 Å². The maximum absolute atomic E-state index is 14.3. The molecule has 31 heavy (non-hydrogen) atoms. The molecule has 1 saturated heterocycles. The van der Waals surface area contributed by atoms with Gasteiger partial charge in [0.05, 0.1) is 27.3 Å². The van der Waals surface area contributed by atoms with Gasteiger partial charge in [0.2, 0.25) is 0 Å². The molecule has 0 aliphatic carbocycles. The van der Waals surface area contributed by atoms with Crippen LogP contribution in [0.3, 0.4) is 0 Å². The average molecular weight is 436 g/mol. The number of halogens is 2. The summed E-state index contributed by atoms with van der Waals surface area (Å²) in [5.74, 6) is 0.429. The number of para-hydroxylation sites is 1. The molecule has 0 saturated carbocycles. The SMILES string of the molecule is Cc1cc(F)cc(-c2cncc(-c3nc4cccc(Cl)c4[nH]3)c2N2CCC(N)CC2)c1. The fourth-order valence-electron chi connectivity index (χ4n) is 4.32. The first kappa shape index (κ1) is 20.0. The van der Waals surface area contributed by atoms with E-state index < -0.39 is 0 Å². The van der Waals surface area contributed by atoms with Gasteiger partial charge >= 0.3 is 0 Å². The van der Waals surface area contributed by atoms with Gasteiger partial charge in [0.1, 0.15) is 11.6 Å². The normalized spacial score (nSPS) is 15.0. The second kappa shape index (κ2) is 7.94. The fourth-order valence-corrected chi connectivity index (χ4v) is 4.53. The van der Waals surface area contributed by atoms with Crippen molar-refractivity contribution in [1.29, 1.82) is 0 Å². The summed E-state index contributed by atoms with van der Waals surface area (Å²) in [6, 6.07) is 10.9. The molecule has 1 aliphatic heterocycles. The summed E-state index contributed by atoms with van der Waals surface area (Å²) >= 11 is 6.37. The van der Waals surface area contributed by atoms with Crippen molar-refractivity contribution in [2.24, 2.45) is 5.73 Å². The molecule has 0 radical (unpaired) electrons. The van der Waals surface area contributed by atoms with Gasteiger partial charge in [-0.15, -0.1) is 0 Å². The Morgan fingerprint density at radius 2 is 1.90 bits per heavy atom. The summed E-state index contributed by atoms with van der Waals surface area (Å²) in [5, 5.41) is 0.617. The lowest BCUT2D eigenvalue weighted by atomic mass is 9.97. The third-order valence-corrected chi connectivity index (χ3v) is 6.16. The number of H-pyrrole nitrogens is 1. The molecule has 2 aromatic carbocycles. The molecule has 4 aromatic rings. The summed E-state index contributed by atoms with van der Waals surface area (Å²) in [4.78, 5) is 14.9. The van der Waals surface area contributed by atoms with Crippen LogP contribution in [-0.2, 0) is 0 Å². The zero-order valence-electron chi connectivity index (χ0n) is 17.2. The molecule has 0 bridgehead atoms. The predicted octanol–water partition coefficient (Wildman–Crippen LogP) is 5.32. The molecule has 2 aromatic heterocycles. The van der Waals surface area contributed by atoms with E-state index in [1.54, 1.807) is 12.3 Å². The number of benzene rings is 2. The summed E-state index contributed by atoms with van der Waals surface area (Å²) in [6.45, 7) is 3.53. The summed E-state index contributed by atoms with van der Waals surface area (Å²) in [7, 11) is 0. The maximum atomic E-state index is 14.3. The Bertz CT molecular complexity index is 1240. The van der Waals surface area contributed by atoms with Crippen LogP contribution in [0, 0.1) is 12.7 Å². The lowest BCUT2D eigenvalue weighted by Crippen LogP contribution is -2.40. The predicted molar refractivity (Wildman–Crippen MR) is 124 cm³/mol. The molecule has 0 amide bonds. The summed E-state index contributed by atoms with van der Waals surface area (Å²) in [6.07, 6.45) is 5.41. The Morgan fingerprint density at radius 1 is 1.13 bits per heavy atom. The number of imidazole rings is 1. The van der Waals surface area contributed by atoms with Crippen LogP contribution in [0.2, 0.25) is 5.02 Å². The number of hydrogen-bond acceptors (Lipinski definition) is 4. The fraction of sp³-hybridized carbons (Fsp3) is 0.250. The Morgan fingerprint density at radius 3 is 2.65 bits per heavy atom. The molecular formula is C24H23ClFN5. The van der Waals surface area contributed by atoms with Crippen molar-refractivity contribution in [3.05, 3.63) is 65.2 Å². The number of rotatable bonds is 3. The molecule has 0 atom stereocenters. The van der Waals surface area contributed by atoms with E-state index >= 15 is 0 Å². The molecule has 1 fully saturated rings. The molecule has 0 unspecified atom stereocenters. The van der Waals surface area contributed by atoms with Crippen molar-refractivity contribution in [3.8, 4) is 22.5 Å². The second-order valence-corrected chi connectivity index (χ2v) is 8.55. The van der Waals surface area contributed by atoms with Crippen LogP contribution in [-0.4, -0.2) is 34.1 Å². The quantitative estimate of drug-likeness (QED) is 0.457. The number of pyridine rings is 1. The summed E-state index contributed by atoms with van der Waals surface area (Å²) < 4.78 is 14.3. The van der Waals surface area contributed by atoms with Crippen LogP contribution in [0.1, 0.15) is 18.4 Å². The Labute approximate surface area is 185 Å². The minimum absolute atomic E-state index is 0.200. The smallest absolute Gasteiger partial charge is 0.142 e. The number of fused-ring (bicyclic) bond motifs is 1. The zero-order valence-corrected chi connectivity index (χ0v) is 18.0. The van der Waals surface area contributed by atoms with E-state index in [1.165, 1.54) is 6.07 Å². The number of nitrogens with zero attached hydrogens (tertiary/aromatic N) is 3. The van der Waals surface area contributed by atoms with E-state index in [0.717, 1.165) is 64.9 Å². The topological polar surface area (TPSA) is 70.8 Å². The van der Waals surface area contributed by atoms with Gasteiger partial charge in [-0.1, -0.05) is 23.7 Å². The van der Waals surface area contributed by atoms with Crippen molar-refractivity contribution >= 4 is 28.3 Å². The van der Waals surface area contributed by atoms with Gasteiger partial charge in [-0.3, -0.25) is 4.98 Å². The molecule has 5 nitrogen and oxygen atoms in total. The highest BCUT2D eigenvalue weighted by molar-refractivity contribution is 6.35. The number of aromatic amines is 1. The van der Waals surface area contributed by atoms with E-state index in [-0.39, 0.29) is 11.9 Å². The number of hydrogen-bond donors (Lipinski definition) is 2. The van der Waals surface area contributed by atoms with Crippen LogP contribution in [0.25, 0.3) is 33.5 Å². The molecular weight excluding hydrogens is 413 g/mol. The van der Waals surface area contributed by atoms with Crippen molar-refractivity contribution in [2.45, 2.75) is 25.8 Å². The second-order valence-electron chi connectivity index (χ2n) is 8.14. The molecule has 1 aliphatic rings.